The first-order chi connectivity index (χ1) is 24.9. The maximum Gasteiger partial charge on any atom is 0.0702 e. The van der Waals surface area contributed by atoms with Crippen LogP contribution < -0.4 is 0 Å². The van der Waals surface area contributed by atoms with Crippen molar-refractivity contribution in [3.63, 3.8) is 0 Å². The molecule has 0 saturated carbocycles. The highest BCUT2D eigenvalue weighted by Gasteiger charge is 2.02. The molecule has 3 heterocycles. The SMILES string of the molecule is Cc1ccc(-c2ccc(C#Cc3cc(C#Cc4ccc(-c5ccc(C)cn5)cc4)cc(C#Cc4ccc(-c5ccc(C)cn5)cc4)c3)cc2)nc1. The third-order valence-electron chi connectivity index (χ3n) is 8.26. The zero-order valence-corrected chi connectivity index (χ0v) is 28.7. The molecule has 0 aliphatic carbocycles. The van der Waals surface area contributed by atoms with E-state index in [1.165, 1.54) is 0 Å². The van der Waals surface area contributed by atoms with Gasteiger partial charge in [0.25, 0.3) is 0 Å². The minimum absolute atomic E-state index is 0.844. The van der Waals surface area contributed by atoms with Crippen LogP contribution in [0, 0.1) is 56.3 Å². The number of hydrogen-bond acceptors (Lipinski definition) is 3. The van der Waals surface area contributed by atoms with E-state index in [1.807, 2.05) is 112 Å². The molecule has 0 radical (unpaired) electrons. The third kappa shape index (κ3) is 8.54. The van der Waals surface area contributed by atoms with Gasteiger partial charge in [-0.1, -0.05) is 90.1 Å². The van der Waals surface area contributed by atoms with E-state index in [-0.39, 0.29) is 0 Å². The average molecular weight is 652 g/mol. The summed E-state index contributed by atoms with van der Waals surface area (Å²) in [6.45, 7) is 6.11. The quantitative estimate of drug-likeness (QED) is 0.179. The van der Waals surface area contributed by atoms with Gasteiger partial charge >= 0.3 is 0 Å². The molecule has 0 saturated heterocycles. The number of hydrogen-bond donors (Lipinski definition) is 0. The van der Waals surface area contributed by atoms with Crippen molar-refractivity contribution in [1.82, 2.24) is 15.0 Å². The van der Waals surface area contributed by atoms with Crippen LogP contribution in [0.5, 0.6) is 0 Å². The second kappa shape index (κ2) is 15.1. The van der Waals surface area contributed by atoms with Crippen LogP contribution >= 0.6 is 0 Å². The molecule has 0 aliphatic rings. The zero-order chi connectivity index (χ0) is 35.0. The molecule has 0 fully saturated rings. The van der Waals surface area contributed by atoms with Gasteiger partial charge in [0.05, 0.1) is 17.1 Å². The Morgan fingerprint density at radius 1 is 0.294 bits per heavy atom. The van der Waals surface area contributed by atoms with E-state index >= 15 is 0 Å². The van der Waals surface area contributed by atoms with Gasteiger partial charge in [-0.15, -0.1) is 0 Å². The first kappa shape index (κ1) is 32.6. The summed E-state index contributed by atoms with van der Waals surface area (Å²) < 4.78 is 0. The molecule has 240 valence electrons. The van der Waals surface area contributed by atoms with E-state index in [0.717, 1.165) is 83.8 Å². The maximum atomic E-state index is 4.54. The van der Waals surface area contributed by atoms with E-state index in [2.05, 4.69) is 105 Å². The molecule has 0 amide bonds. The Hall–Kier alpha value is -6.99. The molecule has 0 aliphatic heterocycles. The molecule has 7 aromatic rings. The fourth-order valence-corrected chi connectivity index (χ4v) is 5.37. The third-order valence-corrected chi connectivity index (χ3v) is 8.26. The molecule has 4 aromatic carbocycles. The summed E-state index contributed by atoms with van der Waals surface area (Å²) in [5.41, 5.74) is 14.7. The summed E-state index contributed by atoms with van der Waals surface area (Å²) in [6, 6.07) is 42.9. The molecule has 3 aromatic heterocycles. The minimum atomic E-state index is 0.844. The Morgan fingerprint density at radius 3 is 0.784 bits per heavy atom. The smallest absolute Gasteiger partial charge is 0.0702 e. The lowest BCUT2D eigenvalue weighted by Gasteiger charge is -2.02. The first-order valence-corrected chi connectivity index (χ1v) is 16.7. The molecule has 0 atom stereocenters. The highest BCUT2D eigenvalue weighted by Crippen LogP contribution is 2.20. The summed E-state index contributed by atoms with van der Waals surface area (Å²) in [6.07, 6.45) is 5.65. The molecular formula is C48H33N3. The van der Waals surface area contributed by atoms with Crippen molar-refractivity contribution in [1.29, 1.82) is 0 Å². The molecule has 3 nitrogen and oxygen atoms in total. The largest absolute Gasteiger partial charge is 0.256 e. The van der Waals surface area contributed by atoms with Crippen molar-refractivity contribution in [3.05, 3.63) is 196 Å². The number of rotatable bonds is 3. The predicted octanol–water partition coefficient (Wildman–Crippen LogP) is 10.00. The molecule has 0 N–H and O–H groups in total. The molecule has 3 heteroatoms. The molecule has 51 heavy (non-hydrogen) atoms. The summed E-state index contributed by atoms with van der Waals surface area (Å²) >= 11 is 0. The fraction of sp³-hybridized carbons (Fsp3) is 0.0625. The second-order valence-corrected chi connectivity index (χ2v) is 12.4. The van der Waals surface area contributed by atoms with Gasteiger partial charge in [-0.25, -0.2) is 0 Å². The van der Waals surface area contributed by atoms with Crippen LogP contribution in [0.25, 0.3) is 33.8 Å². The Labute approximate surface area is 300 Å². The van der Waals surface area contributed by atoms with Gasteiger partial charge in [0, 0.05) is 68.7 Å². The number of pyridine rings is 3. The summed E-state index contributed by atoms with van der Waals surface area (Å²) in [4.78, 5) is 13.6. The van der Waals surface area contributed by atoms with E-state index in [4.69, 9.17) is 0 Å². The topological polar surface area (TPSA) is 38.7 Å². The summed E-state index contributed by atoms with van der Waals surface area (Å²) in [7, 11) is 0. The van der Waals surface area contributed by atoms with Gasteiger partial charge in [-0.2, -0.15) is 0 Å². The van der Waals surface area contributed by atoms with Crippen LogP contribution in [0.15, 0.2) is 146 Å². The van der Waals surface area contributed by atoms with E-state index in [1.54, 1.807) is 0 Å². The number of benzene rings is 4. The number of nitrogens with zero attached hydrogens (tertiary/aromatic N) is 3. The van der Waals surface area contributed by atoms with Crippen LogP contribution in [0.2, 0.25) is 0 Å². The highest BCUT2D eigenvalue weighted by atomic mass is 14.7. The lowest BCUT2D eigenvalue weighted by molar-refractivity contribution is 1.27. The van der Waals surface area contributed by atoms with Gasteiger partial charge in [-0.05, 0) is 110 Å². The molecule has 0 bridgehead atoms. The van der Waals surface area contributed by atoms with Crippen molar-refractivity contribution >= 4 is 0 Å². The standard InChI is InChI=1S/C48H33N3/c1-34-4-25-46(49-31-34)43-19-13-37(14-20-43)7-10-40-28-41(11-8-38-15-21-44(22-16-38)47-26-5-35(2)32-50-47)30-42(29-40)12-9-39-17-23-45(24-18-39)48-27-6-36(3)33-51-48/h4-6,13-33H,1-3H3. The van der Waals surface area contributed by atoms with Crippen molar-refractivity contribution in [2.45, 2.75) is 20.8 Å². The maximum absolute atomic E-state index is 4.54. The van der Waals surface area contributed by atoms with Crippen LogP contribution in [0.3, 0.4) is 0 Å². The van der Waals surface area contributed by atoms with Gasteiger partial charge in [-0.3, -0.25) is 15.0 Å². The van der Waals surface area contributed by atoms with Crippen LogP contribution in [0.1, 0.15) is 50.1 Å². The Balaban J connectivity index is 1.16. The van der Waals surface area contributed by atoms with Crippen LogP contribution in [-0.2, 0) is 0 Å². The van der Waals surface area contributed by atoms with Crippen molar-refractivity contribution in [2.75, 3.05) is 0 Å². The molecule has 0 unspecified atom stereocenters. The van der Waals surface area contributed by atoms with Gasteiger partial charge < -0.3 is 0 Å². The normalized spacial score (nSPS) is 10.2. The second-order valence-electron chi connectivity index (χ2n) is 12.4. The van der Waals surface area contributed by atoms with Crippen molar-refractivity contribution < 1.29 is 0 Å². The summed E-state index contributed by atoms with van der Waals surface area (Å²) in [5.74, 6) is 20.0. The molecule has 7 rings (SSSR count). The van der Waals surface area contributed by atoms with Crippen molar-refractivity contribution in [2.24, 2.45) is 0 Å². The summed E-state index contributed by atoms with van der Waals surface area (Å²) in [5, 5.41) is 0. The zero-order valence-electron chi connectivity index (χ0n) is 28.7. The average Bonchev–Trinajstić information content (AvgIpc) is 3.17. The van der Waals surface area contributed by atoms with Gasteiger partial charge in [0.2, 0.25) is 0 Å². The lowest BCUT2D eigenvalue weighted by Crippen LogP contribution is -1.87. The van der Waals surface area contributed by atoms with E-state index < -0.39 is 0 Å². The fourth-order valence-electron chi connectivity index (χ4n) is 5.37. The van der Waals surface area contributed by atoms with E-state index in [9.17, 15) is 0 Å². The highest BCUT2D eigenvalue weighted by molar-refractivity contribution is 5.64. The van der Waals surface area contributed by atoms with Gasteiger partial charge in [0.1, 0.15) is 0 Å². The number of aryl methyl sites for hydroxylation is 3. The van der Waals surface area contributed by atoms with Crippen LogP contribution in [0.4, 0.5) is 0 Å². The van der Waals surface area contributed by atoms with Crippen LogP contribution in [-0.4, -0.2) is 15.0 Å². The first-order valence-electron chi connectivity index (χ1n) is 16.7. The Kier molecular flexibility index (Phi) is 9.61. The Morgan fingerprint density at radius 2 is 0.549 bits per heavy atom. The van der Waals surface area contributed by atoms with E-state index in [0.29, 0.717) is 0 Å². The predicted molar refractivity (Wildman–Crippen MR) is 208 cm³/mol. The minimum Gasteiger partial charge on any atom is -0.256 e. The monoisotopic (exact) mass is 651 g/mol. The Bertz CT molecular complexity index is 2190. The molecular weight excluding hydrogens is 619 g/mol. The van der Waals surface area contributed by atoms with Gasteiger partial charge in [0.15, 0.2) is 0 Å². The number of aromatic nitrogens is 3. The van der Waals surface area contributed by atoms with Crippen molar-refractivity contribution in [3.8, 4) is 69.3 Å². The molecule has 0 spiro atoms. The lowest BCUT2D eigenvalue weighted by atomic mass is 10.0.